The van der Waals surface area contributed by atoms with E-state index in [9.17, 15) is 0 Å². The third kappa shape index (κ3) is 4.37. The van der Waals surface area contributed by atoms with Crippen LogP contribution in [0.4, 0.5) is 5.69 Å². The lowest BCUT2D eigenvalue weighted by atomic mass is 9.89. The van der Waals surface area contributed by atoms with E-state index in [1.165, 1.54) is 71.3 Å². The van der Waals surface area contributed by atoms with Gasteiger partial charge in [0.05, 0.1) is 0 Å². The van der Waals surface area contributed by atoms with Crippen molar-refractivity contribution >= 4 is 5.69 Å². The van der Waals surface area contributed by atoms with Crippen molar-refractivity contribution in [1.29, 1.82) is 0 Å². The number of rotatable bonds is 6. The van der Waals surface area contributed by atoms with Crippen LogP contribution in [0.1, 0.15) is 76.5 Å². The number of dihydropyridines is 1. The minimum absolute atomic E-state index is 0.704. The van der Waals surface area contributed by atoms with E-state index in [1.807, 2.05) is 0 Å². The number of nitrogens with one attached hydrogen (secondary N) is 1. The highest BCUT2D eigenvalue weighted by atomic mass is 15.2. The Hall–Kier alpha value is -1.96. The SMILES string of the molecule is C=C1NC(C)=CC(C)=C1Cc1cc(CC)cc(N(CC)C2CCCCC2)c1C. The van der Waals surface area contributed by atoms with Gasteiger partial charge in [-0.3, -0.25) is 0 Å². The topological polar surface area (TPSA) is 15.3 Å². The maximum atomic E-state index is 4.29. The Bertz CT molecular complexity index is 791. The highest BCUT2D eigenvalue weighted by molar-refractivity contribution is 5.61. The fourth-order valence-corrected chi connectivity index (χ4v) is 4.96. The summed E-state index contributed by atoms with van der Waals surface area (Å²) in [6, 6.07) is 5.58. The van der Waals surface area contributed by atoms with Gasteiger partial charge in [-0.25, -0.2) is 0 Å². The van der Waals surface area contributed by atoms with Crippen molar-refractivity contribution in [3.8, 4) is 0 Å². The normalized spacial score (nSPS) is 18.2. The first-order chi connectivity index (χ1) is 13.4. The standard InChI is InChI=1S/C26H38N2/c1-7-22-15-23(17-25-18(3)14-19(4)27-21(25)6)20(5)26(16-22)28(8-2)24-12-10-9-11-13-24/h14-16,24,27H,6-13,17H2,1-5H3. The molecule has 0 atom stereocenters. The monoisotopic (exact) mass is 378 g/mol. The molecule has 0 saturated heterocycles. The smallest absolute Gasteiger partial charge is 0.0403 e. The van der Waals surface area contributed by atoms with E-state index in [0.29, 0.717) is 6.04 Å². The second-order valence-corrected chi connectivity index (χ2v) is 8.60. The molecule has 1 aromatic carbocycles. The molecule has 0 amide bonds. The Balaban J connectivity index is 1.99. The van der Waals surface area contributed by atoms with Gasteiger partial charge in [-0.05, 0) is 86.9 Å². The molecule has 1 aromatic rings. The molecule has 2 heteroatoms. The van der Waals surface area contributed by atoms with Crippen molar-refractivity contribution in [2.45, 2.75) is 85.6 Å². The van der Waals surface area contributed by atoms with Gasteiger partial charge < -0.3 is 10.2 Å². The molecule has 1 saturated carbocycles. The van der Waals surface area contributed by atoms with E-state index in [2.05, 4.69) is 69.6 Å². The molecule has 1 aliphatic carbocycles. The van der Waals surface area contributed by atoms with Gasteiger partial charge in [0.2, 0.25) is 0 Å². The van der Waals surface area contributed by atoms with E-state index >= 15 is 0 Å². The van der Waals surface area contributed by atoms with Crippen molar-refractivity contribution in [2.75, 3.05) is 11.4 Å². The highest BCUT2D eigenvalue weighted by Crippen LogP contribution is 2.34. The average molecular weight is 379 g/mol. The number of anilines is 1. The molecular formula is C26H38N2. The maximum absolute atomic E-state index is 4.29. The molecule has 3 rings (SSSR count). The number of allylic oxidation sites excluding steroid dienone is 4. The van der Waals surface area contributed by atoms with Crippen LogP contribution >= 0.6 is 0 Å². The van der Waals surface area contributed by atoms with Gasteiger partial charge >= 0.3 is 0 Å². The number of hydrogen-bond acceptors (Lipinski definition) is 2. The molecule has 0 aromatic heterocycles. The van der Waals surface area contributed by atoms with Gasteiger partial charge in [0, 0.05) is 36.1 Å². The van der Waals surface area contributed by atoms with Crippen LogP contribution in [-0.2, 0) is 12.8 Å². The largest absolute Gasteiger partial charge is 0.369 e. The molecule has 2 nitrogen and oxygen atoms in total. The maximum Gasteiger partial charge on any atom is 0.0403 e. The Morgan fingerprint density at radius 2 is 1.79 bits per heavy atom. The van der Waals surface area contributed by atoms with Gasteiger partial charge in [-0.2, -0.15) is 0 Å². The zero-order valence-corrected chi connectivity index (χ0v) is 18.6. The first-order valence-corrected chi connectivity index (χ1v) is 11.2. The third-order valence-corrected chi connectivity index (χ3v) is 6.61. The zero-order valence-electron chi connectivity index (χ0n) is 18.6. The zero-order chi connectivity index (χ0) is 20.3. The van der Waals surface area contributed by atoms with Crippen molar-refractivity contribution in [3.63, 3.8) is 0 Å². The molecule has 1 heterocycles. The predicted octanol–water partition coefficient (Wildman–Crippen LogP) is 6.60. The van der Waals surface area contributed by atoms with Gasteiger partial charge in [-0.15, -0.1) is 0 Å². The Kier molecular flexibility index (Phi) is 6.69. The van der Waals surface area contributed by atoms with Crippen LogP contribution in [0.2, 0.25) is 0 Å². The number of benzene rings is 1. The second kappa shape index (κ2) is 9.03. The van der Waals surface area contributed by atoms with E-state index in [-0.39, 0.29) is 0 Å². The van der Waals surface area contributed by atoms with Gasteiger partial charge in [0.25, 0.3) is 0 Å². The van der Waals surface area contributed by atoms with E-state index in [4.69, 9.17) is 0 Å². The Morgan fingerprint density at radius 1 is 1.07 bits per heavy atom. The molecule has 0 unspecified atom stereocenters. The molecule has 0 bridgehead atoms. The summed E-state index contributed by atoms with van der Waals surface area (Å²) in [6.45, 7) is 16.6. The van der Waals surface area contributed by atoms with Crippen molar-refractivity contribution in [3.05, 3.63) is 64.0 Å². The minimum Gasteiger partial charge on any atom is -0.369 e. The average Bonchev–Trinajstić information content (AvgIpc) is 2.68. The lowest BCUT2D eigenvalue weighted by molar-refractivity contribution is 0.418. The number of aryl methyl sites for hydroxylation is 1. The first-order valence-electron chi connectivity index (χ1n) is 11.2. The Labute approximate surface area is 172 Å². The van der Waals surface area contributed by atoms with Crippen molar-refractivity contribution in [1.82, 2.24) is 5.32 Å². The van der Waals surface area contributed by atoms with Gasteiger partial charge in [-0.1, -0.05) is 38.8 Å². The van der Waals surface area contributed by atoms with Crippen LogP contribution in [0.15, 0.2) is 47.3 Å². The molecule has 0 spiro atoms. The van der Waals surface area contributed by atoms with Crippen LogP contribution in [0.3, 0.4) is 0 Å². The number of hydrogen-bond donors (Lipinski definition) is 1. The van der Waals surface area contributed by atoms with E-state index in [1.54, 1.807) is 0 Å². The highest BCUT2D eigenvalue weighted by Gasteiger charge is 2.23. The molecule has 28 heavy (non-hydrogen) atoms. The Morgan fingerprint density at radius 3 is 2.39 bits per heavy atom. The summed E-state index contributed by atoms with van der Waals surface area (Å²) in [5.74, 6) is 0. The van der Waals surface area contributed by atoms with Gasteiger partial charge in [0.15, 0.2) is 0 Å². The minimum atomic E-state index is 0.704. The summed E-state index contributed by atoms with van der Waals surface area (Å²) in [4.78, 5) is 2.69. The molecule has 2 aliphatic rings. The summed E-state index contributed by atoms with van der Waals surface area (Å²) < 4.78 is 0. The van der Waals surface area contributed by atoms with E-state index < -0.39 is 0 Å². The molecule has 0 radical (unpaired) electrons. The predicted molar refractivity (Wildman–Crippen MR) is 123 cm³/mol. The first kappa shape index (κ1) is 20.8. The molecule has 1 N–H and O–H groups in total. The molecular weight excluding hydrogens is 340 g/mol. The fraction of sp³-hybridized carbons (Fsp3) is 0.538. The molecule has 152 valence electrons. The third-order valence-electron chi connectivity index (χ3n) is 6.61. The van der Waals surface area contributed by atoms with Gasteiger partial charge in [0.1, 0.15) is 0 Å². The lowest BCUT2D eigenvalue weighted by Gasteiger charge is -2.37. The molecule has 1 fully saturated rings. The van der Waals surface area contributed by atoms with E-state index in [0.717, 1.165) is 25.1 Å². The summed E-state index contributed by atoms with van der Waals surface area (Å²) in [5, 5.41) is 3.43. The van der Waals surface area contributed by atoms with Crippen LogP contribution in [-0.4, -0.2) is 12.6 Å². The van der Waals surface area contributed by atoms with Crippen LogP contribution in [0, 0.1) is 6.92 Å². The fourth-order valence-electron chi connectivity index (χ4n) is 4.96. The lowest BCUT2D eigenvalue weighted by Crippen LogP contribution is -2.37. The molecule has 1 aliphatic heterocycles. The summed E-state index contributed by atoms with van der Waals surface area (Å²) >= 11 is 0. The quantitative estimate of drug-likeness (QED) is 0.600. The van der Waals surface area contributed by atoms with Crippen LogP contribution < -0.4 is 10.2 Å². The van der Waals surface area contributed by atoms with Crippen LogP contribution in [0.5, 0.6) is 0 Å². The second-order valence-electron chi connectivity index (χ2n) is 8.60. The van der Waals surface area contributed by atoms with Crippen LogP contribution in [0.25, 0.3) is 0 Å². The summed E-state index contributed by atoms with van der Waals surface area (Å²) in [6.07, 6.45) is 11.1. The van der Waals surface area contributed by atoms with Crippen molar-refractivity contribution in [2.24, 2.45) is 0 Å². The summed E-state index contributed by atoms with van der Waals surface area (Å²) in [7, 11) is 0. The summed E-state index contributed by atoms with van der Waals surface area (Å²) in [5.41, 5.74) is 10.7. The van der Waals surface area contributed by atoms with Crippen molar-refractivity contribution < 1.29 is 0 Å². The number of nitrogens with zero attached hydrogens (tertiary/aromatic N) is 1.